The smallest absolute Gasteiger partial charge is 0.244 e. The predicted octanol–water partition coefficient (Wildman–Crippen LogP) is 2.33. The molecule has 0 aliphatic carbocycles. The Balaban J connectivity index is 2.17. The average molecular weight is 300 g/mol. The Kier molecular flexibility index (Phi) is 3.41. The summed E-state index contributed by atoms with van der Waals surface area (Å²) in [4.78, 5) is 4.15. The molecule has 3 rings (SSSR count). The number of hydrogen-bond acceptors (Lipinski definition) is 4. The van der Waals surface area contributed by atoms with Gasteiger partial charge in [-0.3, -0.25) is 0 Å². The molecule has 0 aliphatic rings. The molecule has 1 N–H and O–H groups in total. The fraction of sp³-hybridized carbons (Fsp3) is 0. The number of aromatic amines is 1. The topological polar surface area (TPSA) is 79.0 Å². The van der Waals surface area contributed by atoms with Gasteiger partial charge in [-0.25, -0.2) is 17.8 Å². The molecule has 0 unspecified atom stereocenters. The number of anilines is 2. The van der Waals surface area contributed by atoms with Crippen molar-refractivity contribution in [2.24, 2.45) is 0 Å². The first-order valence-corrected chi connectivity index (χ1v) is 7.64. The van der Waals surface area contributed by atoms with Crippen molar-refractivity contribution in [2.75, 3.05) is 4.31 Å². The number of rotatable bonds is 4. The summed E-state index contributed by atoms with van der Waals surface area (Å²) in [5.74, 6) is 0.144. The summed E-state index contributed by atoms with van der Waals surface area (Å²) in [6.45, 7) is 0. The molecule has 0 fully saturated rings. The number of para-hydroxylation sites is 1. The molecular weight excluding hydrogens is 288 g/mol. The molecule has 3 aromatic rings. The number of nitrogens with zero attached hydrogens (tertiary/aromatic N) is 3. The molecule has 1 aromatic heterocycles. The van der Waals surface area contributed by atoms with Gasteiger partial charge in [0.25, 0.3) is 10.0 Å². The molecule has 0 saturated heterocycles. The standard InChI is InChI=1S/C14H12N4O2S/c19-21(20,13-9-5-2-6-10-13)18(14-15-11-16-17-14)12-7-3-1-4-8-12/h1-11H,(H,15,16,17). The number of aromatic nitrogens is 3. The van der Waals surface area contributed by atoms with Gasteiger partial charge in [0.15, 0.2) is 0 Å². The van der Waals surface area contributed by atoms with Gasteiger partial charge in [0.2, 0.25) is 5.95 Å². The molecule has 0 atom stereocenters. The van der Waals surface area contributed by atoms with Gasteiger partial charge in [0.1, 0.15) is 6.33 Å². The van der Waals surface area contributed by atoms with Crippen molar-refractivity contribution in [3.8, 4) is 0 Å². The highest BCUT2D eigenvalue weighted by Gasteiger charge is 2.28. The Morgan fingerprint density at radius 2 is 1.52 bits per heavy atom. The van der Waals surface area contributed by atoms with E-state index in [1.165, 1.54) is 6.33 Å². The lowest BCUT2D eigenvalue weighted by Gasteiger charge is -2.21. The predicted molar refractivity (Wildman–Crippen MR) is 78.6 cm³/mol. The maximum atomic E-state index is 12.9. The van der Waals surface area contributed by atoms with Crippen molar-refractivity contribution in [1.29, 1.82) is 0 Å². The quantitative estimate of drug-likeness (QED) is 0.802. The third-order valence-electron chi connectivity index (χ3n) is 2.87. The van der Waals surface area contributed by atoms with Gasteiger partial charge in [-0.05, 0) is 24.3 Å². The van der Waals surface area contributed by atoms with E-state index >= 15 is 0 Å². The Morgan fingerprint density at radius 1 is 0.905 bits per heavy atom. The number of hydrogen-bond donors (Lipinski definition) is 1. The van der Waals surface area contributed by atoms with Crippen LogP contribution in [0.15, 0.2) is 71.9 Å². The van der Waals surface area contributed by atoms with Crippen LogP contribution in [0.4, 0.5) is 11.6 Å². The van der Waals surface area contributed by atoms with Crippen molar-refractivity contribution in [3.63, 3.8) is 0 Å². The Morgan fingerprint density at radius 3 is 2.10 bits per heavy atom. The summed E-state index contributed by atoms with van der Waals surface area (Å²) in [7, 11) is -3.78. The third-order valence-corrected chi connectivity index (χ3v) is 4.60. The highest BCUT2D eigenvalue weighted by Crippen LogP contribution is 2.29. The second kappa shape index (κ2) is 5.37. The molecular formula is C14H12N4O2S. The van der Waals surface area contributed by atoms with Gasteiger partial charge in [0, 0.05) is 0 Å². The summed E-state index contributed by atoms with van der Waals surface area (Å²) < 4.78 is 26.9. The van der Waals surface area contributed by atoms with Gasteiger partial charge in [-0.1, -0.05) is 36.4 Å². The van der Waals surface area contributed by atoms with Crippen LogP contribution in [0.1, 0.15) is 0 Å². The summed E-state index contributed by atoms with van der Waals surface area (Å²) in [5.41, 5.74) is 0.484. The lowest BCUT2D eigenvalue weighted by molar-refractivity contribution is 0.595. The lowest BCUT2D eigenvalue weighted by Crippen LogP contribution is -2.27. The van der Waals surface area contributed by atoms with Gasteiger partial charge in [0.05, 0.1) is 10.6 Å². The molecule has 0 amide bonds. The summed E-state index contributed by atoms with van der Waals surface area (Å²) in [6.07, 6.45) is 1.27. The van der Waals surface area contributed by atoms with Crippen LogP contribution in [0.25, 0.3) is 0 Å². The van der Waals surface area contributed by atoms with E-state index in [-0.39, 0.29) is 10.8 Å². The van der Waals surface area contributed by atoms with Crippen molar-refractivity contribution in [1.82, 2.24) is 15.2 Å². The first-order valence-electron chi connectivity index (χ1n) is 6.20. The highest BCUT2D eigenvalue weighted by molar-refractivity contribution is 7.93. The van der Waals surface area contributed by atoms with Crippen molar-refractivity contribution in [3.05, 3.63) is 67.0 Å². The molecule has 7 heteroatoms. The number of H-pyrrole nitrogens is 1. The number of sulfonamides is 1. The maximum absolute atomic E-state index is 12.9. The fourth-order valence-electron chi connectivity index (χ4n) is 1.93. The zero-order chi connectivity index (χ0) is 14.7. The Bertz CT molecular complexity index is 803. The molecule has 21 heavy (non-hydrogen) atoms. The molecule has 0 spiro atoms. The lowest BCUT2D eigenvalue weighted by atomic mass is 10.3. The maximum Gasteiger partial charge on any atom is 0.271 e. The second-order valence-corrected chi connectivity index (χ2v) is 6.01. The zero-order valence-corrected chi connectivity index (χ0v) is 11.7. The minimum absolute atomic E-state index is 0.144. The van der Waals surface area contributed by atoms with Crippen LogP contribution in [0.3, 0.4) is 0 Å². The molecule has 0 aliphatic heterocycles. The zero-order valence-electron chi connectivity index (χ0n) is 10.9. The highest BCUT2D eigenvalue weighted by atomic mass is 32.2. The summed E-state index contributed by atoms with van der Waals surface area (Å²) in [5, 5.41) is 6.33. The van der Waals surface area contributed by atoms with Gasteiger partial charge >= 0.3 is 0 Å². The van der Waals surface area contributed by atoms with E-state index in [0.717, 1.165) is 4.31 Å². The van der Waals surface area contributed by atoms with E-state index in [0.29, 0.717) is 5.69 Å². The Hall–Kier alpha value is -2.67. The van der Waals surface area contributed by atoms with Crippen LogP contribution in [0.2, 0.25) is 0 Å². The van der Waals surface area contributed by atoms with E-state index in [4.69, 9.17) is 0 Å². The SMILES string of the molecule is O=S(=O)(c1ccccc1)N(c1ccccc1)c1ncn[nH]1. The molecule has 0 bridgehead atoms. The largest absolute Gasteiger partial charge is 0.271 e. The average Bonchev–Trinajstić information content (AvgIpc) is 3.03. The van der Waals surface area contributed by atoms with Crippen LogP contribution in [-0.4, -0.2) is 23.6 Å². The van der Waals surface area contributed by atoms with E-state index < -0.39 is 10.0 Å². The first-order chi connectivity index (χ1) is 10.2. The van der Waals surface area contributed by atoms with Crippen molar-refractivity contribution >= 4 is 21.7 Å². The monoisotopic (exact) mass is 300 g/mol. The van der Waals surface area contributed by atoms with E-state index in [9.17, 15) is 8.42 Å². The van der Waals surface area contributed by atoms with Gasteiger partial charge in [-0.2, -0.15) is 10.1 Å². The minimum Gasteiger partial charge on any atom is -0.244 e. The van der Waals surface area contributed by atoms with Crippen LogP contribution >= 0.6 is 0 Å². The van der Waals surface area contributed by atoms with E-state index in [1.54, 1.807) is 54.6 Å². The first kappa shape index (κ1) is 13.3. The van der Waals surface area contributed by atoms with E-state index in [2.05, 4.69) is 15.2 Å². The molecule has 2 aromatic carbocycles. The third kappa shape index (κ3) is 2.50. The van der Waals surface area contributed by atoms with Crippen LogP contribution in [0.5, 0.6) is 0 Å². The summed E-state index contributed by atoms with van der Waals surface area (Å²) >= 11 is 0. The fourth-order valence-corrected chi connectivity index (χ4v) is 3.36. The molecule has 0 saturated carbocycles. The minimum atomic E-state index is -3.78. The van der Waals surface area contributed by atoms with Crippen molar-refractivity contribution in [2.45, 2.75) is 4.90 Å². The molecule has 6 nitrogen and oxygen atoms in total. The second-order valence-electron chi connectivity index (χ2n) is 4.23. The number of benzene rings is 2. The van der Waals surface area contributed by atoms with Gasteiger partial charge in [-0.15, -0.1) is 0 Å². The van der Waals surface area contributed by atoms with Crippen molar-refractivity contribution < 1.29 is 8.42 Å². The van der Waals surface area contributed by atoms with E-state index in [1.807, 2.05) is 6.07 Å². The molecule has 1 heterocycles. The normalized spacial score (nSPS) is 11.2. The molecule has 106 valence electrons. The Labute approximate surface area is 122 Å². The number of nitrogens with one attached hydrogen (secondary N) is 1. The molecule has 0 radical (unpaired) electrons. The van der Waals surface area contributed by atoms with Gasteiger partial charge < -0.3 is 0 Å². The van der Waals surface area contributed by atoms with Crippen LogP contribution in [-0.2, 0) is 10.0 Å². The summed E-state index contributed by atoms with van der Waals surface area (Å²) in [6, 6.07) is 16.9. The van der Waals surface area contributed by atoms with Crippen LogP contribution in [0, 0.1) is 0 Å². The van der Waals surface area contributed by atoms with Crippen LogP contribution < -0.4 is 4.31 Å².